The number of likely N-dealkylation sites (tertiary alicyclic amines) is 1. The van der Waals surface area contributed by atoms with Crippen LogP contribution in [0.5, 0.6) is 0 Å². The molecule has 0 radical (unpaired) electrons. The molecule has 2 aliphatic rings. The Kier molecular flexibility index (Phi) is 6.54. The van der Waals surface area contributed by atoms with Gasteiger partial charge in [0.25, 0.3) is 0 Å². The first-order valence-electron chi connectivity index (χ1n) is 9.62. The average molecular weight is 434 g/mol. The molecule has 162 valence electrons. The lowest BCUT2D eigenvalue weighted by Crippen LogP contribution is -2.47. The Morgan fingerprint density at radius 2 is 1.69 bits per heavy atom. The second-order valence-corrected chi connectivity index (χ2v) is 9.40. The lowest BCUT2D eigenvalue weighted by Gasteiger charge is -2.36. The van der Waals surface area contributed by atoms with Crippen LogP contribution in [0.4, 0.5) is 13.2 Å². The van der Waals surface area contributed by atoms with Crippen molar-refractivity contribution in [2.75, 3.05) is 33.3 Å². The second-order valence-electron chi connectivity index (χ2n) is 7.46. The molecule has 3 rings (SSSR count). The van der Waals surface area contributed by atoms with Gasteiger partial charge in [0, 0.05) is 39.2 Å². The summed E-state index contributed by atoms with van der Waals surface area (Å²) in [4.78, 5) is 14.1. The number of piperidine rings is 2. The molecule has 0 aromatic heterocycles. The van der Waals surface area contributed by atoms with Crippen molar-refractivity contribution in [3.05, 3.63) is 29.8 Å². The molecule has 1 aromatic carbocycles. The van der Waals surface area contributed by atoms with Gasteiger partial charge in [-0.15, -0.1) is 0 Å². The molecule has 2 heterocycles. The summed E-state index contributed by atoms with van der Waals surface area (Å²) in [5.41, 5.74) is -0.997. The predicted octanol–water partition coefficient (Wildman–Crippen LogP) is 2.74. The lowest BCUT2D eigenvalue weighted by atomic mass is 9.95. The summed E-state index contributed by atoms with van der Waals surface area (Å²) in [5, 5.41) is 0. The first-order valence-corrected chi connectivity index (χ1v) is 11.1. The number of rotatable bonds is 4. The third-order valence-electron chi connectivity index (χ3n) is 5.69. The van der Waals surface area contributed by atoms with Gasteiger partial charge < -0.3 is 9.64 Å². The number of hydrogen-bond donors (Lipinski definition) is 0. The van der Waals surface area contributed by atoms with Crippen LogP contribution < -0.4 is 0 Å². The molecule has 0 bridgehead atoms. The van der Waals surface area contributed by atoms with E-state index in [1.54, 1.807) is 12.0 Å². The number of nitrogens with zero attached hydrogens (tertiary/aromatic N) is 2. The predicted molar refractivity (Wildman–Crippen MR) is 99.5 cm³/mol. The molecule has 0 atom stereocenters. The van der Waals surface area contributed by atoms with E-state index in [1.165, 1.54) is 10.4 Å². The maximum atomic E-state index is 12.9. The zero-order valence-corrected chi connectivity index (χ0v) is 17.0. The van der Waals surface area contributed by atoms with E-state index in [4.69, 9.17) is 4.74 Å². The Balaban J connectivity index is 1.62. The maximum Gasteiger partial charge on any atom is 0.416 e. The van der Waals surface area contributed by atoms with Crippen LogP contribution in [0.2, 0.25) is 0 Å². The first kappa shape index (κ1) is 22.0. The third kappa shape index (κ3) is 4.92. The van der Waals surface area contributed by atoms with Gasteiger partial charge in [-0.1, -0.05) is 6.07 Å². The summed E-state index contributed by atoms with van der Waals surface area (Å²) >= 11 is 0. The van der Waals surface area contributed by atoms with Gasteiger partial charge in [0.05, 0.1) is 16.6 Å². The Labute approximate surface area is 168 Å². The summed E-state index contributed by atoms with van der Waals surface area (Å²) in [5.74, 6) is -0.238. The van der Waals surface area contributed by atoms with Crippen molar-refractivity contribution < 1.29 is 31.1 Å². The van der Waals surface area contributed by atoms with Crippen LogP contribution in [-0.4, -0.2) is 62.9 Å². The topological polar surface area (TPSA) is 66.9 Å². The molecule has 2 aliphatic heterocycles. The number of amides is 1. The molecule has 0 N–H and O–H groups in total. The molecular weight excluding hydrogens is 409 g/mol. The number of halogens is 3. The second kappa shape index (κ2) is 8.61. The minimum absolute atomic E-state index is 0.0238. The van der Waals surface area contributed by atoms with Crippen LogP contribution in [0.1, 0.15) is 31.2 Å². The van der Waals surface area contributed by atoms with Crippen LogP contribution in [0.3, 0.4) is 0 Å². The van der Waals surface area contributed by atoms with E-state index in [0.717, 1.165) is 25.0 Å². The fourth-order valence-corrected chi connectivity index (χ4v) is 5.41. The largest absolute Gasteiger partial charge is 0.416 e. The molecule has 2 fully saturated rings. The van der Waals surface area contributed by atoms with Gasteiger partial charge in [-0.3, -0.25) is 4.79 Å². The normalized spacial score (nSPS) is 20.8. The quantitative estimate of drug-likeness (QED) is 0.731. The van der Waals surface area contributed by atoms with Crippen molar-refractivity contribution in [1.29, 1.82) is 0 Å². The van der Waals surface area contributed by atoms with Crippen molar-refractivity contribution >= 4 is 15.9 Å². The highest BCUT2D eigenvalue weighted by atomic mass is 32.2. The number of carbonyl (C=O) groups excluding carboxylic acids is 1. The van der Waals surface area contributed by atoms with Crippen LogP contribution in [0.15, 0.2) is 29.2 Å². The number of sulfonamides is 1. The van der Waals surface area contributed by atoms with E-state index in [0.29, 0.717) is 32.0 Å². The Morgan fingerprint density at radius 1 is 1.07 bits per heavy atom. The van der Waals surface area contributed by atoms with Gasteiger partial charge in [0.15, 0.2) is 0 Å². The molecule has 0 aliphatic carbocycles. The minimum atomic E-state index is -4.61. The van der Waals surface area contributed by atoms with E-state index in [2.05, 4.69) is 0 Å². The highest BCUT2D eigenvalue weighted by Crippen LogP contribution is 2.32. The van der Waals surface area contributed by atoms with E-state index >= 15 is 0 Å². The fourth-order valence-electron chi connectivity index (χ4n) is 3.90. The van der Waals surface area contributed by atoms with Crippen molar-refractivity contribution in [3.63, 3.8) is 0 Å². The number of hydrogen-bond acceptors (Lipinski definition) is 4. The van der Waals surface area contributed by atoms with Crippen molar-refractivity contribution in [2.45, 2.75) is 42.9 Å². The van der Waals surface area contributed by atoms with Crippen LogP contribution in [0, 0.1) is 5.92 Å². The van der Waals surface area contributed by atoms with Gasteiger partial charge in [-0.05, 0) is 43.9 Å². The van der Waals surface area contributed by atoms with Gasteiger partial charge >= 0.3 is 6.18 Å². The van der Waals surface area contributed by atoms with E-state index in [9.17, 15) is 26.4 Å². The monoisotopic (exact) mass is 434 g/mol. The Bertz CT molecular complexity index is 828. The molecule has 29 heavy (non-hydrogen) atoms. The zero-order valence-electron chi connectivity index (χ0n) is 16.2. The molecule has 6 nitrogen and oxygen atoms in total. The van der Waals surface area contributed by atoms with E-state index in [-0.39, 0.29) is 35.9 Å². The molecule has 0 saturated carbocycles. The molecule has 1 amide bonds. The van der Waals surface area contributed by atoms with Crippen LogP contribution >= 0.6 is 0 Å². The van der Waals surface area contributed by atoms with Crippen molar-refractivity contribution in [1.82, 2.24) is 9.21 Å². The summed E-state index contributed by atoms with van der Waals surface area (Å²) in [6.07, 6.45) is -2.15. The highest BCUT2D eigenvalue weighted by Gasteiger charge is 2.36. The summed E-state index contributed by atoms with van der Waals surface area (Å²) in [7, 11) is -2.38. The molecule has 0 unspecified atom stereocenters. The summed E-state index contributed by atoms with van der Waals surface area (Å²) in [6, 6.07) is 3.76. The summed E-state index contributed by atoms with van der Waals surface area (Å²) in [6.45, 7) is 1.48. The van der Waals surface area contributed by atoms with Crippen LogP contribution in [0.25, 0.3) is 0 Å². The van der Waals surface area contributed by atoms with Gasteiger partial charge in [-0.25, -0.2) is 8.42 Å². The number of benzene rings is 1. The number of carbonyl (C=O) groups is 1. The van der Waals surface area contributed by atoms with Gasteiger partial charge in [-0.2, -0.15) is 17.5 Å². The van der Waals surface area contributed by atoms with Crippen molar-refractivity contribution in [3.8, 4) is 0 Å². The van der Waals surface area contributed by atoms with Crippen LogP contribution in [-0.2, 0) is 25.7 Å². The molecule has 0 spiro atoms. The molecule has 10 heteroatoms. The first-order chi connectivity index (χ1) is 13.6. The standard InChI is InChI=1S/C19H25F3N2O4S/c1-28-16-7-9-23(10-8-16)18(25)14-5-11-24(12-6-14)29(26,27)17-4-2-3-15(13-17)19(20,21)22/h2-4,13-14,16H,5-12H2,1H3. The number of methoxy groups -OCH3 is 1. The summed E-state index contributed by atoms with van der Waals surface area (Å²) < 4.78 is 70.7. The Hall–Kier alpha value is -1.65. The Morgan fingerprint density at radius 3 is 2.24 bits per heavy atom. The zero-order chi connectivity index (χ0) is 21.2. The van der Waals surface area contributed by atoms with Gasteiger partial charge in [0.1, 0.15) is 0 Å². The average Bonchev–Trinajstić information content (AvgIpc) is 2.73. The molecular formula is C19H25F3N2O4S. The lowest BCUT2D eigenvalue weighted by molar-refractivity contribution is -0.139. The fraction of sp³-hybridized carbons (Fsp3) is 0.632. The number of alkyl halides is 3. The maximum absolute atomic E-state index is 12.9. The molecule has 1 aromatic rings. The minimum Gasteiger partial charge on any atom is -0.381 e. The van der Waals surface area contributed by atoms with Crippen molar-refractivity contribution in [2.24, 2.45) is 5.92 Å². The van der Waals surface area contributed by atoms with E-state index in [1.807, 2.05) is 0 Å². The third-order valence-corrected chi connectivity index (χ3v) is 7.58. The SMILES string of the molecule is COC1CCN(C(=O)C2CCN(S(=O)(=O)c3cccc(C(F)(F)F)c3)CC2)CC1. The molecule has 2 saturated heterocycles. The number of ether oxygens (including phenoxy) is 1. The van der Waals surface area contributed by atoms with E-state index < -0.39 is 21.8 Å². The van der Waals surface area contributed by atoms with Gasteiger partial charge in [0.2, 0.25) is 15.9 Å². The highest BCUT2D eigenvalue weighted by molar-refractivity contribution is 7.89. The smallest absolute Gasteiger partial charge is 0.381 e.